The molecule has 30 heteroatoms. The zero-order valence-corrected chi connectivity index (χ0v) is 47.1. The quantitative estimate of drug-likeness (QED) is 0.0324. The van der Waals surface area contributed by atoms with E-state index in [0.717, 1.165) is 46.0 Å². The maximum Gasteiger partial charge on any atom is 0.245 e. The molecule has 0 aromatic rings. The second kappa shape index (κ2) is 38.5. The third kappa shape index (κ3) is 26.0. The minimum absolute atomic E-state index is 0.0422. The van der Waals surface area contributed by atoms with Gasteiger partial charge >= 0.3 is 0 Å². The van der Waals surface area contributed by atoms with E-state index in [9.17, 15) is 73.2 Å². The largest absolute Gasteiger partial charge is 0.394 e. The lowest BCUT2D eigenvalue weighted by Crippen LogP contribution is -2.62. The second-order valence-corrected chi connectivity index (χ2v) is 20.4. The Morgan fingerprint density at radius 2 is 1.02 bits per heavy atom. The molecule has 1 aliphatic rings. The molecule has 0 aliphatic carbocycles. The number of hydrogen-bond donors (Lipinski definition) is 19. The van der Waals surface area contributed by atoms with Gasteiger partial charge in [-0.15, -0.1) is 0 Å². The number of hydrogen-bond acceptors (Lipinski definition) is 19. The molecular formula is C50H93N15O15. The standard InChI is InChI=1S/C50H93N15O15/c1-7-8-9-10-11-12-13-37(70)56-30(14-19-51)44(74)64-40(29(6)69)50(80)62-36(25-66)47(77)59-34-18-23-55-48(78)38(27(4)67)63-45(75)33(17-22-54)58-41(71)32(16-21-53)60-49(79)39(28(5)68)65-46(76)35(24-26(2)3)61-42(72)31(15-20-52)57-43(34)73/h26-36,38-40,66-69H,7-25,51-54H2,1-6H3,(H,55,78)(H,56,70)(H,57,73)(H,58,71)(H,59,77)(H,60,79)(H,61,72)(H,62,80)(H,63,75)(H,64,74)(H,65,76)/t27-,28-,29-,30+,31+,32+,33+,34+,35-,36?,38+,39+,40+/m1/s1. The Balaban J connectivity index is 3.73. The topological polar surface area (TPSA) is 505 Å². The Morgan fingerprint density at radius 1 is 0.550 bits per heavy atom. The molecule has 0 radical (unpaired) electrons. The van der Waals surface area contributed by atoms with E-state index in [0.29, 0.717) is 6.42 Å². The molecule has 458 valence electrons. The van der Waals surface area contributed by atoms with Crippen LogP contribution < -0.4 is 81.4 Å². The predicted octanol–water partition coefficient (Wildman–Crippen LogP) is -7.32. The van der Waals surface area contributed by atoms with Crippen molar-refractivity contribution in [3.05, 3.63) is 0 Å². The molecule has 1 fully saturated rings. The average Bonchev–Trinajstić information content (AvgIpc) is 3.38. The van der Waals surface area contributed by atoms with E-state index >= 15 is 0 Å². The van der Waals surface area contributed by atoms with Gasteiger partial charge in [0, 0.05) is 13.0 Å². The van der Waals surface area contributed by atoms with Crippen LogP contribution in [0.15, 0.2) is 0 Å². The van der Waals surface area contributed by atoms with Crippen molar-refractivity contribution in [3.8, 4) is 0 Å². The normalized spacial score (nSPS) is 23.6. The first-order valence-corrected chi connectivity index (χ1v) is 27.6. The Hall–Kier alpha value is -6.15. The van der Waals surface area contributed by atoms with Crippen LogP contribution in [0.25, 0.3) is 0 Å². The zero-order chi connectivity index (χ0) is 60.6. The smallest absolute Gasteiger partial charge is 0.245 e. The number of amides is 11. The fourth-order valence-electron chi connectivity index (χ4n) is 8.28. The highest BCUT2D eigenvalue weighted by Gasteiger charge is 2.38. The first kappa shape index (κ1) is 71.9. The van der Waals surface area contributed by atoms with Crippen LogP contribution in [-0.4, -0.2) is 203 Å². The molecule has 1 saturated heterocycles. The van der Waals surface area contributed by atoms with Crippen LogP contribution in [0.5, 0.6) is 0 Å². The number of rotatable bonds is 28. The summed E-state index contributed by atoms with van der Waals surface area (Å²) in [5, 5.41) is 69.0. The van der Waals surface area contributed by atoms with Gasteiger partial charge in [0.15, 0.2) is 0 Å². The van der Waals surface area contributed by atoms with E-state index in [2.05, 4.69) is 65.4 Å². The summed E-state index contributed by atoms with van der Waals surface area (Å²) in [6, 6.07) is -16.0. The number of aliphatic hydroxyl groups excluding tert-OH is 4. The van der Waals surface area contributed by atoms with Gasteiger partial charge in [-0.2, -0.15) is 0 Å². The summed E-state index contributed by atoms with van der Waals surface area (Å²) >= 11 is 0. The molecule has 23 N–H and O–H groups in total. The molecule has 30 nitrogen and oxygen atoms in total. The fraction of sp³-hybridized carbons (Fsp3) is 0.780. The number of carbonyl (C=O) groups excluding carboxylic acids is 11. The summed E-state index contributed by atoms with van der Waals surface area (Å²) in [6.07, 6.45) is -0.527. The number of unbranched alkanes of at least 4 members (excludes halogenated alkanes) is 5. The van der Waals surface area contributed by atoms with Gasteiger partial charge in [-0.25, -0.2) is 0 Å². The lowest BCUT2D eigenvalue weighted by atomic mass is 10.0. The molecule has 1 unspecified atom stereocenters. The van der Waals surface area contributed by atoms with Crippen LogP contribution in [0.3, 0.4) is 0 Å². The van der Waals surface area contributed by atoms with Crippen molar-refractivity contribution < 1.29 is 73.2 Å². The average molecular weight is 1140 g/mol. The first-order chi connectivity index (χ1) is 37.8. The lowest BCUT2D eigenvalue weighted by molar-refractivity contribution is -0.137. The first-order valence-electron chi connectivity index (χ1n) is 27.6. The molecule has 11 amide bonds. The zero-order valence-electron chi connectivity index (χ0n) is 47.1. The van der Waals surface area contributed by atoms with Gasteiger partial charge in [0.1, 0.15) is 60.4 Å². The Kier molecular flexibility index (Phi) is 34.6. The molecule has 0 aromatic heterocycles. The molecule has 1 aliphatic heterocycles. The minimum Gasteiger partial charge on any atom is -0.394 e. The van der Waals surface area contributed by atoms with E-state index in [-0.39, 0.29) is 70.6 Å². The highest BCUT2D eigenvalue weighted by atomic mass is 16.3. The van der Waals surface area contributed by atoms with Crippen molar-refractivity contribution in [3.63, 3.8) is 0 Å². The van der Waals surface area contributed by atoms with Crippen molar-refractivity contribution in [2.45, 2.75) is 204 Å². The number of nitrogens with one attached hydrogen (secondary N) is 11. The maximum absolute atomic E-state index is 14.3. The number of nitrogens with two attached hydrogens (primary N) is 4. The van der Waals surface area contributed by atoms with Crippen LogP contribution >= 0.6 is 0 Å². The number of carbonyl (C=O) groups is 11. The molecule has 1 heterocycles. The van der Waals surface area contributed by atoms with Gasteiger partial charge < -0.3 is 102 Å². The van der Waals surface area contributed by atoms with Gasteiger partial charge in [-0.1, -0.05) is 52.9 Å². The van der Waals surface area contributed by atoms with Crippen molar-refractivity contribution in [1.82, 2.24) is 58.5 Å². The third-order valence-corrected chi connectivity index (χ3v) is 12.8. The van der Waals surface area contributed by atoms with E-state index < -0.39 is 163 Å². The van der Waals surface area contributed by atoms with E-state index in [1.165, 1.54) is 6.92 Å². The van der Waals surface area contributed by atoms with E-state index in [1.54, 1.807) is 13.8 Å². The van der Waals surface area contributed by atoms with E-state index in [4.69, 9.17) is 22.9 Å². The molecule has 13 atom stereocenters. The minimum atomic E-state index is -1.90. The van der Waals surface area contributed by atoms with Crippen LogP contribution in [0.1, 0.15) is 125 Å². The molecule has 0 saturated carbocycles. The van der Waals surface area contributed by atoms with Gasteiger partial charge in [0.05, 0.1) is 24.9 Å². The highest BCUT2D eigenvalue weighted by Crippen LogP contribution is 2.11. The summed E-state index contributed by atoms with van der Waals surface area (Å²) < 4.78 is 0. The summed E-state index contributed by atoms with van der Waals surface area (Å²) in [4.78, 5) is 151. The second-order valence-electron chi connectivity index (χ2n) is 20.4. The van der Waals surface area contributed by atoms with E-state index in [1.807, 2.05) is 0 Å². The van der Waals surface area contributed by atoms with Crippen molar-refractivity contribution in [2.75, 3.05) is 39.3 Å². The van der Waals surface area contributed by atoms with Crippen LogP contribution in [0.4, 0.5) is 0 Å². The Morgan fingerprint density at radius 3 is 1.51 bits per heavy atom. The van der Waals surface area contributed by atoms with Crippen molar-refractivity contribution in [2.24, 2.45) is 28.9 Å². The van der Waals surface area contributed by atoms with Crippen LogP contribution in [-0.2, 0) is 52.7 Å². The number of aliphatic hydroxyl groups is 4. The molecule has 0 bridgehead atoms. The summed E-state index contributed by atoms with van der Waals surface area (Å²) in [6.45, 7) is 6.73. The van der Waals surface area contributed by atoms with Crippen LogP contribution in [0, 0.1) is 5.92 Å². The maximum atomic E-state index is 14.3. The third-order valence-electron chi connectivity index (χ3n) is 12.8. The lowest BCUT2D eigenvalue weighted by Gasteiger charge is -2.29. The molecule has 0 spiro atoms. The predicted molar refractivity (Wildman–Crippen MR) is 291 cm³/mol. The van der Waals surface area contributed by atoms with Gasteiger partial charge in [-0.05, 0) is 97.8 Å². The molecule has 1 rings (SSSR count). The van der Waals surface area contributed by atoms with Crippen molar-refractivity contribution in [1.29, 1.82) is 0 Å². The molecule has 80 heavy (non-hydrogen) atoms. The van der Waals surface area contributed by atoms with Crippen LogP contribution in [0.2, 0.25) is 0 Å². The highest BCUT2D eigenvalue weighted by molar-refractivity contribution is 5.99. The Labute approximate surface area is 467 Å². The molecule has 0 aromatic carbocycles. The van der Waals surface area contributed by atoms with Gasteiger partial charge in [-0.3, -0.25) is 52.7 Å². The summed E-state index contributed by atoms with van der Waals surface area (Å²) in [5.41, 5.74) is 23.1. The summed E-state index contributed by atoms with van der Waals surface area (Å²) in [7, 11) is 0. The summed E-state index contributed by atoms with van der Waals surface area (Å²) in [5.74, 6) is -11.1. The fourth-order valence-corrected chi connectivity index (χ4v) is 8.28. The SMILES string of the molecule is CCCCCCCCC(=O)N[C@@H](CCN)C(=O)N[C@H](C(=O)NC(CO)C(=O)N[C@H]1CCNC(=O)[C@H]([C@@H](C)O)NC(=O)[C@H](CCN)NC(=O)[C@H](CCN)NC(=O)[C@H]([C@@H](C)O)NC(=O)[C@@H](CC(C)C)NC(=O)[C@H](CCN)NC1=O)[C@@H](C)O. The monoisotopic (exact) mass is 1140 g/mol. The molecular weight excluding hydrogens is 1050 g/mol. The van der Waals surface area contributed by atoms with Gasteiger partial charge in [0.25, 0.3) is 0 Å². The van der Waals surface area contributed by atoms with Gasteiger partial charge in [0.2, 0.25) is 65.0 Å². The Bertz CT molecular complexity index is 2020. The van der Waals surface area contributed by atoms with Crippen molar-refractivity contribution >= 4 is 65.0 Å².